The van der Waals surface area contributed by atoms with Crippen LogP contribution in [0.15, 0.2) is 18.2 Å². The molecule has 1 N–H and O–H groups in total. The molecule has 1 aromatic carbocycles. The summed E-state index contributed by atoms with van der Waals surface area (Å²) in [6, 6.07) is 5.77. The van der Waals surface area contributed by atoms with Crippen LogP contribution >= 0.6 is 0 Å². The number of para-hydroxylation sites is 1. The fourth-order valence-electron chi connectivity index (χ4n) is 2.24. The van der Waals surface area contributed by atoms with E-state index in [0.29, 0.717) is 5.75 Å². The number of benzene rings is 1. The molecule has 104 valence electrons. The maximum absolute atomic E-state index is 10.4. The number of aryl methyl sites for hydroxylation is 1. The van der Waals surface area contributed by atoms with Crippen molar-refractivity contribution >= 4 is 12.6 Å². The topological polar surface area (TPSA) is 38.7 Å². The molecule has 4 heteroatoms. The molecule has 0 spiro atoms. The zero-order valence-corrected chi connectivity index (χ0v) is 12.5. The first-order valence-corrected chi connectivity index (χ1v) is 6.95. The third kappa shape index (κ3) is 2.52. The summed E-state index contributed by atoms with van der Waals surface area (Å²) in [4.78, 5) is 0. The van der Waals surface area contributed by atoms with Crippen LogP contribution in [0.1, 0.15) is 46.6 Å². The molecule has 1 heterocycles. The first kappa shape index (κ1) is 14.4. The van der Waals surface area contributed by atoms with Crippen molar-refractivity contribution < 1.29 is 14.4 Å². The van der Waals surface area contributed by atoms with Crippen molar-refractivity contribution in [2.24, 2.45) is 0 Å². The number of aromatic hydroxyl groups is 1. The van der Waals surface area contributed by atoms with Crippen molar-refractivity contribution in [3.63, 3.8) is 0 Å². The average molecular weight is 262 g/mol. The van der Waals surface area contributed by atoms with Gasteiger partial charge >= 0.3 is 7.12 Å². The highest BCUT2D eigenvalue weighted by Crippen LogP contribution is 2.37. The van der Waals surface area contributed by atoms with E-state index in [4.69, 9.17) is 9.31 Å². The van der Waals surface area contributed by atoms with E-state index >= 15 is 0 Å². The zero-order chi connectivity index (χ0) is 14.3. The fraction of sp³-hybridized carbons (Fsp3) is 0.600. The minimum Gasteiger partial charge on any atom is -0.508 e. The number of hydrogen-bond acceptors (Lipinski definition) is 3. The summed E-state index contributed by atoms with van der Waals surface area (Å²) in [6.07, 6.45) is 1.86. The van der Waals surface area contributed by atoms with Crippen LogP contribution in [0, 0.1) is 0 Å². The molecule has 0 unspecified atom stereocenters. The van der Waals surface area contributed by atoms with E-state index in [1.807, 2.05) is 45.9 Å². The Kier molecular flexibility index (Phi) is 3.67. The normalized spacial score (nSPS) is 20.8. The summed E-state index contributed by atoms with van der Waals surface area (Å²) < 4.78 is 12.0. The molecule has 19 heavy (non-hydrogen) atoms. The quantitative estimate of drug-likeness (QED) is 0.851. The molecule has 0 radical (unpaired) electrons. The molecule has 0 atom stereocenters. The van der Waals surface area contributed by atoms with E-state index in [0.717, 1.165) is 23.9 Å². The van der Waals surface area contributed by atoms with Crippen LogP contribution in [0.4, 0.5) is 0 Å². The Bertz CT molecular complexity index is 452. The smallest absolute Gasteiger partial charge is 0.498 e. The van der Waals surface area contributed by atoms with Crippen molar-refractivity contribution in [2.75, 3.05) is 0 Å². The van der Waals surface area contributed by atoms with Crippen LogP contribution in [0.3, 0.4) is 0 Å². The molecule has 1 saturated heterocycles. The van der Waals surface area contributed by atoms with Crippen LogP contribution in [-0.2, 0) is 15.7 Å². The second-order valence-corrected chi connectivity index (χ2v) is 6.19. The fourth-order valence-corrected chi connectivity index (χ4v) is 2.24. The predicted octanol–water partition coefficient (Wildman–Crippen LogP) is 2.64. The lowest BCUT2D eigenvalue weighted by atomic mass is 9.77. The summed E-state index contributed by atoms with van der Waals surface area (Å²) in [6.45, 7) is 10.2. The van der Waals surface area contributed by atoms with Crippen molar-refractivity contribution in [3.8, 4) is 5.75 Å². The van der Waals surface area contributed by atoms with Gasteiger partial charge in [-0.2, -0.15) is 0 Å². The van der Waals surface area contributed by atoms with Crippen molar-refractivity contribution in [1.82, 2.24) is 0 Å². The van der Waals surface area contributed by atoms with Crippen LogP contribution in [0.25, 0.3) is 0 Å². The molecule has 0 bridgehead atoms. The lowest BCUT2D eigenvalue weighted by Crippen LogP contribution is -2.41. The second kappa shape index (κ2) is 4.84. The SMILES string of the molecule is CCCc1cccc(B2OC(C)(C)C(C)(C)O2)c1O. The van der Waals surface area contributed by atoms with Gasteiger partial charge in [-0.15, -0.1) is 0 Å². The Morgan fingerprint density at radius 1 is 1.11 bits per heavy atom. The maximum Gasteiger partial charge on any atom is 0.498 e. The summed E-state index contributed by atoms with van der Waals surface area (Å²) >= 11 is 0. The number of phenols is 1. The first-order chi connectivity index (χ1) is 8.78. The van der Waals surface area contributed by atoms with E-state index in [9.17, 15) is 5.11 Å². The number of phenolic OH excluding ortho intramolecular Hbond substituents is 1. The van der Waals surface area contributed by atoms with E-state index in [-0.39, 0.29) is 11.2 Å². The van der Waals surface area contributed by atoms with Gasteiger partial charge < -0.3 is 14.4 Å². The average Bonchev–Trinajstić information content (AvgIpc) is 2.51. The molecule has 1 fully saturated rings. The van der Waals surface area contributed by atoms with Crippen LogP contribution in [-0.4, -0.2) is 23.4 Å². The summed E-state index contributed by atoms with van der Waals surface area (Å²) in [7, 11) is -0.498. The van der Waals surface area contributed by atoms with Gasteiger partial charge in [-0.3, -0.25) is 0 Å². The lowest BCUT2D eigenvalue weighted by Gasteiger charge is -2.32. The van der Waals surface area contributed by atoms with E-state index in [1.165, 1.54) is 0 Å². The Balaban J connectivity index is 2.32. The molecule has 3 nitrogen and oxygen atoms in total. The Hall–Kier alpha value is -0.995. The van der Waals surface area contributed by atoms with Gasteiger partial charge in [-0.25, -0.2) is 0 Å². The molecule has 1 aliphatic rings. The molecule has 0 aromatic heterocycles. The molecule has 1 aliphatic heterocycles. The summed E-state index contributed by atoms with van der Waals surface area (Å²) in [5.41, 5.74) is 0.912. The van der Waals surface area contributed by atoms with Gasteiger partial charge in [0.15, 0.2) is 0 Å². The van der Waals surface area contributed by atoms with E-state index < -0.39 is 7.12 Å². The summed E-state index contributed by atoms with van der Waals surface area (Å²) in [5.74, 6) is 0.308. The monoisotopic (exact) mass is 262 g/mol. The molecule has 0 amide bonds. The van der Waals surface area contributed by atoms with Crippen molar-refractivity contribution in [1.29, 1.82) is 0 Å². The number of rotatable bonds is 3. The molecule has 2 rings (SSSR count). The van der Waals surface area contributed by atoms with Crippen molar-refractivity contribution in [2.45, 2.75) is 58.7 Å². The highest BCUT2D eigenvalue weighted by molar-refractivity contribution is 6.63. The lowest BCUT2D eigenvalue weighted by molar-refractivity contribution is 0.00578. The zero-order valence-electron chi connectivity index (χ0n) is 12.5. The maximum atomic E-state index is 10.4. The minimum atomic E-state index is -0.498. The first-order valence-electron chi connectivity index (χ1n) is 6.95. The van der Waals surface area contributed by atoms with Crippen LogP contribution in [0.5, 0.6) is 5.75 Å². The van der Waals surface area contributed by atoms with Gasteiger partial charge in [0.25, 0.3) is 0 Å². The van der Waals surface area contributed by atoms with Crippen LogP contribution in [0.2, 0.25) is 0 Å². The summed E-state index contributed by atoms with van der Waals surface area (Å²) in [5, 5.41) is 10.4. The molecule has 1 aromatic rings. The van der Waals surface area contributed by atoms with Gasteiger partial charge in [0.05, 0.1) is 11.2 Å². The van der Waals surface area contributed by atoms with Gasteiger partial charge in [0, 0.05) is 5.46 Å². The minimum absolute atomic E-state index is 0.308. The molecular formula is C15H23BO3. The molecule has 0 saturated carbocycles. The standard InChI is InChI=1S/C15H23BO3/c1-6-8-11-9-7-10-12(13(11)17)16-18-14(2,3)15(4,5)19-16/h7,9-10,17H,6,8H2,1-5H3. The third-order valence-corrected chi connectivity index (χ3v) is 4.18. The largest absolute Gasteiger partial charge is 0.508 e. The Morgan fingerprint density at radius 2 is 1.68 bits per heavy atom. The molecular weight excluding hydrogens is 239 g/mol. The second-order valence-electron chi connectivity index (χ2n) is 6.19. The van der Waals surface area contributed by atoms with Crippen molar-refractivity contribution in [3.05, 3.63) is 23.8 Å². The van der Waals surface area contributed by atoms with Gasteiger partial charge in [-0.05, 0) is 39.7 Å². The Labute approximate surface area is 116 Å². The van der Waals surface area contributed by atoms with E-state index in [2.05, 4.69) is 6.92 Å². The Morgan fingerprint density at radius 3 is 2.21 bits per heavy atom. The highest BCUT2D eigenvalue weighted by atomic mass is 16.7. The van der Waals surface area contributed by atoms with Crippen LogP contribution < -0.4 is 5.46 Å². The van der Waals surface area contributed by atoms with Gasteiger partial charge in [0.2, 0.25) is 0 Å². The van der Waals surface area contributed by atoms with Gasteiger partial charge in [-0.1, -0.05) is 31.5 Å². The third-order valence-electron chi connectivity index (χ3n) is 4.18. The van der Waals surface area contributed by atoms with Gasteiger partial charge in [0.1, 0.15) is 5.75 Å². The van der Waals surface area contributed by atoms with E-state index in [1.54, 1.807) is 0 Å². The molecule has 0 aliphatic carbocycles. The highest BCUT2D eigenvalue weighted by Gasteiger charge is 2.52. The predicted molar refractivity (Wildman–Crippen MR) is 77.8 cm³/mol. The number of hydrogen-bond donors (Lipinski definition) is 1.